The van der Waals surface area contributed by atoms with Gasteiger partial charge >= 0.3 is 6.09 Å². The summed E-state index contributed by atoms with van der Waals surface area (Å²) in [6.45, 7) is 0. The number of nitrogens with zero attached hydrogens (tertiary/aromatic N) is 2. The zero-order chi connectivity index (χ0) is 12.4. The molecule has 1 fully saturated rings. The molecule has 0 atom stereocenters. The average molecular weight is 259 g/mol. The van der Waals surface area contributed by atoms with E-state index < -0.39 is 6.09 Å². The summed E-state index contributed by atoms with van der Waals surface area (Å²) in [5.41, 5.74) is 5.56. The normalized spacial score (nSPS) is 22.6. The number of carbonyl (C=O) groups is 1. The first kappa shape index (κ1) is 11.7. The lowest BCUT2D eigenvalue weighted by Crippen LogP contribution is -2.48. The second-order valence-electron chi connectivity index (χ2n) is 3.77. The molecule has 0 aliphatic heterocycles. The second kappa shape index (κ2) is 4.62. The molecule has 7 nitrogen and oxygen atoms in total. The molecular formula is C9H11ClN4O3. The lowest BCUT2D eigenvalue weighted by molar-refractivity contribution is 0.0836. The number of amides is 1. The molecule has 0 unspecified atom stereocenters. The highest BCUT2D eigenvalue weighted by Crippen LogP contribution is 2.29. The Labute approximate surface area is 102 Å². The third-order valence-electron chi connectivity index (χ3n) is 2.47. The van der Waals surface area contributed by atoms with Crippen LogP contribution in [0.4, 0.5) is 10.6 Å². The molecular weight excluding hydrogens is 248 g/mol. The number of anilines is 1. The number of ether oxygens (including phenoxy) is 1. The molecule has 1 aliphatic rings. The molecule has 1 aliphatic carbocycles. The molecule has 0 spiro atoms. The predicted octanol–water partition coefficient (Wildman–Crippen LogP) is 0.890. The number of nitrogens with two attached hydrogens (primary N) is 1. The Morgan fingerprint density at radius 3 is 2.94 bits per heavy atom. The van der Waals surface area contributed by atoms with Crippen molar-refractivity contribution in [3.8, 4) is 5.75 Å². The first-order chi connectivity index (χ1) is 8.04. The van der Waals surface area contributed by atoms with Crippen LogP contribution in [-0.4, -0.2) is 33.5 Å². The third-order valence-corrected chi connectivity index (χ3v) is 2.66. The largest absolute Gasteiger partial charge is 0.486 e. The van der Waals surface area contributed by atoms with Gasteiger partial charge in [0.1, 0.15) is 6.10 Å². The highest BCUT2D eigenvalue weighted by Gasteiger charge is 2.32. The third kappa shape index (κ3) is 2.88. The van der Waals surface area contributed by atoms with Crippen molar-refractivity contribution in [2.75, 3.05) is 5.73 Å². The number of aromatic nitrogens is 2. The van der Waals surface area contributed by atoms with Crippen LogP contribution in [0.1, 0.15) is 12.8 Å². The number of halogens is 1. The van der Waals surface area contributed by atoms with E-state index >= 15 is 0 Å². The van der Waals surface area contributed by atoms with Crippen molar-refractivity contribution in [2.24, 2.45) is 0 Å². The molecule has 1 amide bonds. The average Bonchev–Trinajstić information content (AvgIpc) is 2.19. The highest BCUT2D eigenvalue weighted by atomic mass is 35.5. The minimum absolute atomic E-state index is 0.0657. The number of nitrogens with one attached hydrogen (secondary N) is 1. The highest BCUT2D eigenvalue weighted by molar-refractivity contribution is 6.29. The number of hydrogen-bond donors (Lipinski definition) is 3. The van der Waals surface area contributed by atoms with Crippen molar-refractivity contribution < 1.29 is 14.6 Å². The second-order valence-corrected chi connectivity index (χ2v) is 4.16. The van der Waals surface area contributed by atoms with Crippen LogP contribution in [-0.2, 0) is 0 Å². The first-order valence-electron chi connectivity index (χ1n) is 4.99. The molecule has 0 saturated heterocycles. The van der Waals surface area contributed by atoms with Gasteiger partial charge in [-0.25, -0.2) is 4.79 Å². The van der Waals surface area contributed by atoms with E-state index in [0.717, 1.165) is 0 Å². The van der Waals surface area contributed by atoms with Crippen LogP contribution in [0.2, 0.25) is 5.15 Å². The van der Waals surface area contributed by atoms with Crippen LogP contribution >= 0.6 is 11.6 Å². The van der Waals surface area contributed by atoms with E-state index in [0.29, 0.717) is 18.6 Å². The van der Waals surface area contributed by atoms with E-state index in [2.05, 4.69) is 15.5 Å². The number of rotatable bonds is 3. The van der Waals surface area contributed by atoms with Gasteiger partial charge in [0, 0.05) is 24.9 Å². The van der Waals surface area contributed by atoms with Gasteiger partial charge in [0.15, 0.2) is 16.7 Å². The first-order valence-corrected chi connectivity index (χ1v) is 5.37. The minimum atomic E-state index is -1.03. The summed E-state index contributed by atoms with van der Waals surface area (Å²) in [5.74, 6) is 0.549. The Bertz CT molecular complexity index is 436. The van der Waals surface area contributed by atoms with Crippen LogP contribution in [0.5, 0.6) is 5.75 Å². The summed E-state index contributed by atoms with van der Waals surface area (Å²) in [7, 11) is 0. The SMILES string of the molecule is Nc1nnc(Cl)cc1OC1CC(NC(=O)O)C1. The Morgan fingerprint density at radius 1 is 1.59 bits per heavy atom. The molecule has 0 aromatic carbocycles. The zero-order valence-corrected chi connectivity index (χ0v) is 9.52. The number of nitrogen functional groups attached to an aromatic ring is 1. The van der Waals surface area contributed by atoms with Gasteiger partial charge in [-0.05, 0) is 0 Å². The molecule has 0 bridgehead atoms. The van der Waals surface area contributed by atoms with Crippen molar-refractivity contribution in [3.05, 3.63) is 11.2 Å². The molecule has 1 aromatic rings. The predicted molar refractivity (Wildman–Crippen MR) is 60.1 cm³/mol. The van der Waals surface area contributed by atoms with Crippen molar-refractivity contribution in [3.63, 3.8) is 0 Å². The maximum atomic E-state index is 10.4. The molecule has 17 heavy (non-hydrogen) atoms. The van der Waals surface area contributed by atoms with E-state index in [-0.39, 0.29) is 23.1 Å². The monoisotopic (exact) mass is 258 g/mol. The van der Waals surface area contributed by atoms with Gasteiger partial charge < -0.3 is 20.9 Å². The zero-order valence-electron chi connectivity index (χ0n) is 8.76. The van der Waals surface area contributed by atoms with Gasteiger partial charge in [-0.2, -0.15) is 0 Å². The van der Waals surface area contributed by atoms with Gasteiger partial charge in [0.2, 0.25) is 0 Å². The Kier molecular flexibility index (Phi) is 3.19. The van der Waals surface area contributed by atoms with Gasteiger partial charge in [-0.1, -0.05) is 11.6 Å². The summed E-state index contributed by atoms with van der Waals surface area (Å²) in [5, 5.41) is 18.3. The van der Waals surface area contributed by atoms with Crippen LogP contribution in [0, 0.1) is 0 Å². The van der Waals surface area contributed by atoms with Crippen molar-refractivity contribution in [1.29, 1.82) is 0 Å². The van der Waals surface area contributed by atoms with Crippen LogP contribution in [0.25, 0.3) is 0 Å². The van der Waals surface area contributed by atoms with Crippen molar-refractivity contribution in [1.82, 2.24) is 15.5 Å². The molecule has 0 radical (unpaired) electrons. The molecule has 1 heterocycles. The molecule has 1 aromatic heterocycles. The fourth-order valence-corrected chi connectivity index (χ4v) is 1.73. The summed E-state index contributed by atoms with van der Waals surface area (Å²) < 4.78 is 5.53. The summed E-state index contributed by atoms with van der Waals surface area (Å²) in [6.07, 6.45) is 0.105. The van der Waals surface area contributed by atoms with E-state index in [1.54, 1.807) is 0 Å². The fraction of sp³-hybridized carbons (Fsp3) is 0.444. The van der Waals surface area contributed by atoms with E-state index in [9.17, 15) is 4.79 Å². The maximum absolute atomic E-state index is 10.4. The maximum Gasteiger partial charge on any atom is 0.404 e. The van der Waals surface area contributed by atoms with Crippen LogP contribution in [0.3, 0.4) is 0 Å². The summed E-state index contributed by atoms with van der Waals surface area (Å²) in [4.78, 5) is 10.4. The van der Waals surface area contributed by atoms with Crippen molar-refractivity contribution in [2.45, 2.75) is 25.0 Å². The van der Waals surface area contributed by atoms with Gasteiger partial charge in [0.05, 0.1) is 0 Å². The lowest BCUT2D eigenvalue weighted by Gasteiger charge is -2.35. The Hall–Kier alpha value is -1.76. The smallest absolute Gasteiger partial charge is 0.404 e. The molecule has 8 heteroatoms. The Morgan fingerprint density at radius 2 is 2.29 bits per heavy atom. The number of carboxylic acid groups (broad SMARTS) is 1. The van der Waals surface area contributed by atoms with Gasteiger partial charge in [-0.15, -0.1) is 10.2 Å². The molecule has 92 valence electrons. The van der Waals surface area contributed by atoms with E-state index in [1.165, 1.54) is 6.07 Å². The van der Waals surface area contributed by atoms with Gasteiger partial charge in [-0.3, -0.25) is 0 Å². The molecule has 2 rings (SSSR count). The van der Waals surface area contributed by atoms with Gasteiger partial charge in [0.25, 0.3) is 0 Å². The lowest BCUT2D eigenvalue weighted by atomic mass is 9.89. The van der Waals surface area contributed by atoms with Crippen LogP contribution < -0.4 is 15.8 Å². The minimum Gasteiger partial charge on any atom is -0.486 e. The molecule has 1 saturated carbocycles. The summed E-state index contributed by atoms with van der Waals surface area (Å²) >= 11 is 5.66. The van der Waals surface area contributed by atoms with E-state index in [4.69, 9.17) is 27.2 Å². The van der Waals surface area contributed by atoms with Crippen LogP contribution in [0.15, 0.2) is 6.07 Å². The Balaban J connectivity index is 1.87. The topological polar surface area (TPSA) is 110 Å². The van der Waals surface area contributed by atoms with E-state index in [1.807, 2.05) is 0 Å². The standard InChI is InChI=1S/C9H11ClN4O3/c10-7-3-6(8(11)14-13-7)17-5-1-4(2-5)12-9(15)16/h3-5,12H,1-2H2,(H2,11,14)(H,15,16). The summed E-state index contributed by atoms with van der Waals surface area (Å²) in [6, 6.07) is 1.42. The molecule has 4 N–H and O–H groups in total. The quantitative estimate of drug-likeness (QED) is 0.743. The fourth-order valence-electron chi connectivity index (χ4n) is 1.59. The number of hydrogen-bond acceptors (Lipinski definition) is 5. The van der Waals surface area contributed by atoms with Crippen molar-refractivity contribution >= 4 is 23.5 Å².